The van der Waals surface area contributed by atoms with Crippen molar-refractivity contribution in [2.24, 2.45) is 0 Å². The second kappa shape index (κ2) is 8.74. The summed E-state index contributed by atoms with van der Waals surface area (Å²) in [6, 6.07) is 14.6. The Balaban J connectivity index is 1.27. The average molecular weight is 432 g/mol. The molecule has 1 saturated heterocycles. The van der Waals surface area contributed by atoms with Gasteiger partial charge in [-0.2, -0.15) is 0 Å². The molecule has 1 aliphatic carbocycles. The van der Waals surface area contributed by atoms with Gasteiger partial charge < -0.3 is 14.6 Å². The third kappa shape index (κ3) is 4.91. The van der Waals surface area contributed by atoms with Crippen molar-refractivity contribution in [2.45, 2.75) is 31.5 Å². The molecule has 0 radical (unpaired) electrons. The van der Waals surface area contributed by atoms with Gasteiger partial charge in [0.2, 0.25) is 0 Å². The molecule has 0 saturated carbocycles. The highest BCUT2D eigenvalue weighted by molar-refractivity contribution is 9.10. The van der Waals surface area contributed by atoms with E-state index in [0.717, 1.165) is 29.7 Å². The van der Waals surface area contributed by atoms with E-state index in [1.165, 1.54) is 29.5 Å². The number of aliphatic hydroxyl groups excluding tert-OH is 1. The van der Waals surface area contributed by atoms with E-state index in [9.17, 15) is 5.11 Å². The Hall–Kier alpha value is -1.40. The van der Waals surface area contributed by atoms with Crippen LogP contribution in [0.25, 0.3) is 0 Å². The zero-order valence-corrected chi connectivity index (χ0v) is 17.0. The number of rotatable bonds is 6. The highest BCUT2D eigenvalue weighted by atomic mass is 79.9. The Morgan fingerprint density at radius 3 is 2.81 bits per heavy atom. The molecule has 2 aromatic rings. The number of halogens is 1. The summed E-state index contributed by atoms with van der Waals surface area (Å²) in [7, 11) is 0. The van der Waals surface area contributed by atoms with Gasteiger partial charge in [0, 0.05) is 24.1 Å². The van der Waals surface area contributed by atoms with Gasteiger partial charge in [-0.25, -0.2) is 0 Å². The van der Waals surface area contributed by atoms with Crippen LogP contribution in [0, 0.1) is 0 Å². The molecule has 0 spiro atoms. The lowest BCUT2D eigenvalue weighted by atomic mass is 10.1. The number of fused-ring (bicyclic) bond motifs is 1. The number of nitrogens with zero attached hydrogens (tertiary/aromatic N) is 1. The number of aryl methyl sites for hydroxylation is 2. The number of hydrogen-bond acceptors (Lipinski definition) is 4. The first kappa shape index (κ1) is 18.9. The number of morpholine rings is 1. The Bertz CT molecular complexity index is 765. The summed E-state index contributed by atoms with van der Waals surface area (Å²) in [5.74, 6) is 0.865. The molecule has 2 aromatic carbocycles. The van der Waals surface area contributed by atoms with Crippen LogP contribution in [-0.2, 0) is 17.6 Å². The standard InChI is InChI=1S/C22H26BrNO3/c23-19-7-4-17(5-8-19)22-14-24(10-11-26-22)13-20(25)15-27-21-9-6-16-2-1-3-18(16)12-21/h4-9,12,20,22,25H,1-3,10-11,13-15H2. The number of β-amino-alcohol motifs (C(OH)–C–C–N with tert-alkyl or cyclic N) is 1. The summed E-state index contributed by atoms with van der Waals surface area (Å²) in [5.41, 5.74) is 4.01. The maximum Gasteiger partial charge on any atom is 0.119 e. The predicted octanol–water partition coefficient (Wildman–Crippen LogP) is 3.75. The minimum atomic E-state index is -0.512. The van der Waals surface area contributed by atoms with Crippen molar-refractivity contribution in [3.8, 4) is 5.75 Å². The van der Waals surface area contributed by atoms with E-state index in [-0.39, 0.29) is 6.10 Å². The van der Waals surface area contributed by atoms with Crippen LogP contribution < -0.4 is 4.74 Å². The Labute approximate surface area is 169 Å². The van der Waals surface area contributed by atoms with Gasteiger partial charge >= 0.3 is 0 Å². The largest absolute Gasteiger partial charge is 0.491 e. The molecule has 5 heteroatoms. The number of hydrogen-bond donors (Lipinski definition) is 1. The number of benzene rings is 2. The van der Waals surface area contributed by atoms with Gasteiger partial charge in [0.1, 0.15) is 18.5 Å². The predicted molar refractivity (Wildman–Crippen MR) is 109 cm³/mol. The van der Waals surface area contributed by atoms with Gasteiger partial charge in [-0.3, -0.25) is 4.90 Å². The van der Waals surface area contributed by atoms with Gasteiger partial charge in [0.05, 0.1) is 12.7 Å². The van der Waals surface area contributed by atoms with Crippen LogP contribution in [0.1, 0.15) is 29.2 Å². The molecule has 27 heavy (non-hydrogen) atoms. The molecule has 2 unspecified atom stereocenters. The lowest BCUT2D eigenvalue weighted by molar-refractivity contribution is -0.0459. The molecule has 2 aliphatic rings. The Kier molecular flexibility index (Phi) is 6.13. The van der Waals surface area contributed by atoms with Crippen LogP contribution in [-0.4, -0.2) is 49.0 Å². The van der Waals surface area contributed by atoms with E-state index in [0.29, 0.717) is 19.8 Å². The summed E-state index contributed by atoms with van der Waals surface area (Å²) in [6.07, 6.45) is 3.09. The van der Waals surface area contributed by atoms with Crippen molar-refractivity contribution in [1.29, 1.82) is 0 Å². The second-order valence-electron chi connectivity index (χ2n) is 7.42. The molecule has 2 atom stereocenters. The molecule has 1 aliphatic heterocycles. The summed E-state index contributed by atoms with van der Waals surface area (Å²) in [5, 5.41) is 10.4. The van der Waals surface area contributed by atoms with Crippen LogP contribution in [0.15, 0.2) is 46.9 Å². The first-order chi connectivity index (χ1) is 13.2. The molecule has 1 fully saturated rings. The quantitative estimate of drug-likeness (QED) is 0.755. The minimum absolute atomic E-state index is 0.0525. The summed E-state index contributed by atoms with van der Waals surface area (Å²) in [6.45, 7) is 3.22. The number of aliphatic hydroxyl groups is 1. The van der Waals surface area contributed by atoms with Crippen molar-refractivity contribution in [2.75, 3.05) is 32.8 Å². The Morgan fingerprint density at radius 1 is 1.15 bits per heavy atom. The molecular weight excluding hydrogens is 406 g/mol. The maximum atomic E-state index is 10.4. The van der Waals surface area contributed by atoms with E-state index in [1.54, 1.807) is 0 Å². The van der Waals surface area contributed by atoms with Crippen molar-refractivity contribution < 1.29 is 14.6 Å². The van der Waals surface area contributed by atoms with Gasteiger partial charge in [0.15, 0.2) is 0 Å². The zero-order chi connectivity index (χ0) is 18.6. The molecule has 4 rings (SSSR count). The smallest absolute Gasteiger partial charge is 0.119 e. The molecule has 0 aromatic heterocycles. The van der Waals surface area contributed by atoms with Crippen LogP contribution in [0.3, 0.4) is 0 Å². The zero-order valence-electron chi connectivity index (χ0n) is 15.4. The lowest BCUT2D eigenvalue weighted by Gasteiger charge is -2.34. The summed E-state index contributed by atoms with van der Waals surface area (Å²) in [4.78, 5) is 2.26. The van der Waals surface area contributed by atoms with Crippen LogP contribution in [0.4, 0.5) is 0 Å². The van der Waals surface area contributed by atoms with Crippen LogP contribution >= 0.6 is 15.9 Å². The highest BCUT2D eigenvalue weighted by Crippen LogP contribution is 2.26. The van der Waals surface area contributed by atoms with E-state index in [4.69, 9.17) is 9.47 Å². The lowest BCUT2D eigenvalue weighted by Crippen LogP contribution is -2.43. The van der Waals surface area contributed by atoms with Crippen molar-refractivity contribution >= 4 is 15.9 Å². The van der Waals surface area contributed by atoms with Crippen molar-refractivity contribution in [1.82, 2.24) is 4.90 Å². The molecule has 1 N–H and O–H groups in total. The van der Waals surface area contributed by atoms with E-state index < -0.39 is 6.10 Å². The van der Waals surface area contributed by atoms with Crippen molar-refractivity contribution in [3.05, 3.63) is 63.6 Å². The minimum Gasteiger partial charge on any atom is -0.491 e. The maximum absolute atomic E-state index is 10.4. The van der Waals surface area contributed by atoms with Crippen LogP contribution in [0.5, 0.6) is 5.75 Å². The van der Waals surface area contributed by atoms with E-state index in [1.807, 2.05) is 18.2 Å². The SMILES string of the molecule is OC(COc1ccc2c(c1)CCC2)CN1CCOC(c2ccc(Br)cc2)C1. The summed E-state index contributed by atoms with van der Waals surface area (Å²) < 4.78 is 12.8. The molecule has 144 valence electrons. The molecular formula is C22H26BrNO3. The molecule has 0 amide bonds. The van der Waals surface area contributed by atoms with E-state index >= 15 is 0 Å². The topological polar surface area (TPSA) is 41.9 Å². The monoisotopic (exact) mass is 431 g/mol. The molecule has 0 bridgehead atoms. The molecule has 4 nitrogen and oxygen atoms in total. The first-order valence-electron chi connectivity index (χ1n) is 9.69. The summed E-state index contributed by atoms with van der Waals surface area (Å²) >= 11 is 3.47. The van der Waals surface area contributed by atoms with Gasteiger partial charge in [-0.05, 0) is 60.2 Å². The fraction of sp³-hybridized carbons (Fsp3) is 0.455. The second-order valence-corrected chi connectivity index (χ2v) is 8.34. The first-order valence-corrected chi connectivity index (χ1v) is 10.5. The van der Waals surface area contributed by atoms with Crippen molar-refractivity contribution in [3.63, 3.8) is 0 Å². The fourth-order valence-corrected chi connectivity index (χ4v) is 4.19. The van der Waals surface area contributed by atoms with Crippen LogP contribution in [0.2, 0.25) is 0 Å². The van der Waals surface area contributed by atoms with Gasteiger partial charge in [0.25, 0.3) is 0 Å². The fourth-order valence-electron chi connectivity index (χ4n) is 3.93. The third-order valence-electron chi connectivity index (χ3n) is 5.37. The van der Waals surface area contributed by atoms with Gasteiger partial charge in [-0.15, -0.1) is 0 Å². The normalized spacial score (nSPS) is 21.0. The number of ether oxygens (including phenoxy) is 2. The highest BCUT2D eigenvalue weighted by Gasteiger charge is 2.24. The van der Waals surface area contributed by atoms with Gasteiger partial charge in [-0.1, -0.05) is 34.1 Å². The molecule has 1 heterocycles. The van der Waals surface area contributed by atoms with E-state index in [2.05, 4.69) is 45.1 Å². The average Bonchev–Trinajstić information content (AvgIpc) is 3.15. The Morgan fingerprint density at radius 2 is 1.96 bits per heavy atom. The third-order valence-corrected chi connectivity index (χ3v) is 5.90.